The number of hydrogen-bond acceptors (Lipinski definition) is 4. The van der Waals surface area contributed by atoms with Gasteiger partial charge in [0.1, 0.15) is 0 Å². The maximum absolute atomic E-state index is 5.52. The average Bonchev–Trinajstić information content (AvgIpc) is 2.60. The number of aryl methyl sites for hydroxylation is 1. The second-order valence-corrected chi connectivity index (χ2v) is 4.46. The molecule has 1 N–H and O–H groups in total. The highest BCUT2D eigenvalue weighted by molar-refractivity contribution is 7.11. The van der Waals surface area contributed by atoms with Crippen LogP contribution in [0.15, 0.2) is 6.20 Å². The zero-order valence-corrected chi connectivity index (χ0v) is 9.86. The number of nitrogens with one attached hydrogen (secondary N) is 1. The van der Waals surface area contributed by atoms with Crippen molar-refractivity contribution in [3.63, 3.8) is 0 Å². The van der Waals surface area contributed by atoms with E-state index < -0.39 is 0 Å². The topological polar surface area (TPSA) is 34.1 Å². The molecule has 0 saturated heterocycles. The van der Waals surface area contributed by atoms with Crippen LogP contribution in [0.1, 0.15) is 29.3 Å². The van der Waals surface area contributed by atoms with Gasteiger partial charge in [0.15, 0.2) is 0 Å². The Morgan fingerprint density at radius 3 is 2.93 bits per heavy atom. The van der Waals surface area contributed by atoms with Crippen LogP contribution in [-0.4, -0.2) is 25.2 Å². The Morgan fingerprint density at radius 2 is 2.43 bits per heavy atom. The Bertz CT molecular complexity index is 262. The minimum atomic E-state index is 0.285. The average molecular weight is 214 g/mol. The van der Waals surface area contributed by atoms with Gasteiger partial charge in [-0.1, -0.05) is 6.92 Å². The summed E-state index contributed by atoms with van der Waals surface area (Å²) in [6.07, 6.45) is 2.99. The molecule has 0 amide bonds. The summed E-state index contributed by atoms with van der Waals surface area (Å²) in [6.45, 7) is 5.70. The maximum Gasteiger partial charge on any atom is 0.0897 e. The molecule has 1 atom stereocenters. The molecular weight excluding hydrogens is 196 g/mol. The summed E-state index contributed by atoms with van der Waals surface area (Å²) >= 11 is 1.72. The van der Waals surface area contributed by atoms with Crippen molar-refractivity contribution in [3.8, 4) is 0 Å². The lowest BCUT2D eigenvalue weighted by molar-refractivity contribution is 0.115. The molecule has 0 spiro atoms. The van der Waals surface area contributed by atoms with Gasteiger partial charge in [0.2, 0.25) is 0 Å². The van der Waals surface area contributed by atoms with E-state index in [2.05, 4.69) is 17.2 Å². The zero-order chi connectivity index (χ0) is 10.4. The largest absolute Gasteiger partial charge is 0.379 e. The maximum atomic E-state index is 5.52. The predicted octanol–water partition coefficient (Wildman–Crippen LogP) is 2.14. The van der Waals surface area contributed by atoms with Crippen molar-refractivity contribution < 1.29 is 4.74 Å². The normalized spacial score (nSPS) is 13.1. The van der Waals surface area contributed by atoms with Gasteiger partial charge in [-0.3, -0.25) is 0 Å². The molecule has 1 heterocycles. The Balaban J connectivity index is 2.45. The van der Waals surface area contributed by atoms with Gasteiger partial charge < -0.3 is 10.1 Å². The van der Waals surface area contributed by atoms with E-state index >= 15 is 0 Å². The third-order valence-electron chi connectivity index (χ3n) is 1.96. The molecule has 14 heavy (non-hydrogen) atoms. The molecule has 0 aliphatic carbocycles. The molecule has 80 valence electrons. The summed E-state index contributed by atoms with van der Waals surface area (Å²) < 4.78 is 5.52. The minimum absolute atomic E-state index is 0.285. The molecule has 0 fully saturated rings. The van der Waals surface area contributed by atoms with Crippen molar-refractivity contribution in [1.82, 2.24) is 10.3 Å². The van der Waals surface area contributed by atoms with Gasteiger partial charge >= 0.3 is 0 Å². The predicted molar refractivity (Wildman–Crippen MR) is 59.8 cm³/mol. The summed E-state index contributed by atoms with van der Waals surface area (Å²) in [5.74, 6) is 0. The van der Waals surface area contributed by atoms with Gasteiger partial charge in [0.05, 0.1) is 17.7 Å². The molecule has 3 nitrogen and oxygen atoms in total. The van der Waals surface area contributed by atoms with E-state index in [1.807, 2.05) is 20.2 Å². The molecule has 0 bridgehead atoms. The van der Waals surface area contributed by atoms with E-state index in [9.17, 15) is 0 Å². The van der Waals surface area contributed by atoms with Gasteiger partial charge in [-0.05, 0) is 20.4 Å². The van der Waals surface area contributed by atoms with Gasteiger partial charge in [0.25, 0.3) is 0 Å². The van der Waals surface area contributed by atoms with E-state index in [1.54, 1.807) is 11.3 Å². The van der Waals surface area contributed by atoms with Crippen molar-refractivity contribution >= 4 is 11.3 Å². The summed E-state index contributed by atoms with van der Waals surface area (Å²) in [6, 6.07) is 0.285. The van der Waals surface area contributed by atoms with Crippen LogP contribution in [0.2, 0.25) is 0 Å². The lowest BCUT2D eigenvalue weighted by atomic mass is 10.3. The summed E-state index contributed by atoms with van der Waals surface area (Å²) in [4.78, 5) is 5.49. The number of likely N-dealkylation sites (N-methyl/N-ethyl adjacent to an activating group) is 1. The number of thiazole rings is 1. The fourth-order valence-corrected chi connectivity index (χ4v) is 2.07. The second kappa shape index (κ2) is 6.11. The quantitative estimate of drug-likeness (QED) is 0.737. The van der Waals surface area contributed by atoms with E-state index in [-0.39, 0.29) is 6.04 Å². The first-order valence-electron chi connectivity index (χ1n) is 4.95. The molecule has 1 unspecified atom stereocenters. The number of nitrogens with zero attached hydrogens (tertiary/aromatic N) is 1. The van der Waals surface area contributed by atoms with Crippen LogP contribution in [0.25, 0.3) is 0 Å². The van der Waals surface area contributed by atoms with Crippen LogP contribution in [0.4, 0.5) is 0 Å². The highest BCUT2D eigenvalue weighted by Gasteiger charge is 2.11. The molecule has 1 aromatic rings. The SMILES string of the molecule is CCCOCC(NC)c1cnc(C)s1. The van der Waals surface area contributed by atoms with Crippen molar-refractivity contribution in [3.05, 3.63) is 16.1 Å². The first kappa shape index (κ1) is 11.6. The highest BCUT2D eigenvalue weighted by atomic mass is 32.1. The lowest BCUT2D eigenvalue weighted by Gasteiger charge is -2.13. The highest BCUT2D eigenvalue weighted by Crippen LogP contribution is 2.20. The van der Waals surface area contributed by atoms with Crippen LogP contribution in [-0.2, 0) is 4.74 Å². The van der Waals surface area contributed by atoms with E-state index in [4.69, 9.17) is 4.74 Å². The van der Waals surface area contributed by atoms with E-state index in [1.165, 1.54) is 4.88 Å². The second-order valence-electron chi connectivity index (χ2n) is 3.20. The minimum Gasteiger partial charge on any atom is -0.379 e. The molecule has 0 aromatic carbocycles. The van der Waals surface area contributed by atoms with E-state index in [0.717, 1.165) is 24.6 Å². The number of aromatic nitrogens is 1. The molecular formula is C10H18N2OS. The molecule has 1 rings (SSSR count). The zero-order valence-electron chi connectivity index (χ0n) is 9.04. The van der Waals surface area contributed by atoms with Crippen molar-refractivity contribution in [2.75, 3.05) is 20.3 Å². The van der Waals surface area contributed by atoms with Crippen LogP contribution in [0.3, 0.4) is 0 Å². The first-order valence-corrected chi connectivity index (χ1v) is 5.77. The summed E-state index contributed by atoms with van der Waals surface area (Å²) in [7, 11) is 1.95. The smallest absolute Gasteiger partial charge is 0.0897 e. The lowest BCUT2D eigenvalue weighted by Crippen LogP contribution is -2.21. The fourth-order valence-electron chi connectivity index (χ4n) is 1.19. The molecule has 0 aliphatic rings. The third kappa shape index (κ3) is 3.36. The standard InChI is InChI=1S/C10H18N2OS/c1-4-5-13-7-9(11-3)10-6-12-8(2)14-10/h6,9,11H,4-5,7H2,1-3H3. The number of rotatable bonds is 6. The van der Waals surface area contributed by atoms with Gasteiger partial charge in [-0.25, -0.2) is 4.98 Å². The van der Waals surface area contributed by atoms with Gasteiger partial charge in [0, 0.05) is 17.7 Å². The summed E-state index contributed by atoms with van der Waals surface area (Å²) in [5, 5.41) is 4.34. The first-order chi connectivity index (χ1) is 6.77. The molecule has 0 aliphatic heterocycles. The van der Waals surface area contributed by atoms with Gasteiger partial charge in [-0.2, -0.15) is 0 Å². The van der Waals surface area contributed by atoms with Crippen molar-refractivity contribution in [1.29, 1.82) is 0 Å². The molecule has 4 heteroatoms. The summed E-state index contributed by atoms with van der Waals surface area (Å²) in [5.41, 5.74) is 0. The van der Waals surface area contributed by atoms with Crippen LogP contribution < -0.4 is 5.32 Å². The Hall–Kier alpha value is -0.450. The Kier molecular flexibility index (Phi) is 5.07. The molecule has 0 radical (unpaired) electrons. The van der Waals surface area contributed by atoms with Gasteiger partial charge in [-0.15, -0.1) is 11.3 Å². The van der Waals surface area contributed by atoms with Crippen molar-refractivity contribution in [2.24, 2.45) is 0 Å². The molecule has 0 saturated carbocycles. The number of hydrogen-bond donors (Lipinski definition) is 1. The Labute approximate surface area is 89.5 Å². The monoisotopic (exact) mass is 214 g/mol. The number of ether oxygens (including phenoxy) is 1. The van der Waals surface area contributed by atoms with E-state index in [0.29, 0.717) is 0 Å². The Morgan fingerprint density at radius 1 is 1.64 bits per heavy atom. The van der Waals surface area contributed by atoms with Crippen LogP contribution >= 0.6 is 11.3 Å². The fraction of sp³-hybridized carbons (Fsp3) is 0.700. The van der Waals surface area contributed by atoms with Crippen molar-refractivity contribution in [2.45, 2.75) is 26.3 Å². The van der Waals surface area contributed by atoms with Crippen LogP contribution in [0.5, 0.6) is 0 Å². The molecule has 1 aromatic heterocycles. The van der Waals surface area contributed by atoms with Crippen LogP contribution in [0, 0.1) is 6.92 Å². The third-order valence-corrected chi connectivity index (χ3v) is 2.99.